The molecule has 0 aliphatic carbocycles. The van der Waals surface area contributed by atoms with E-state index in [9.17, 15) is 9.18 Å². The molecule has 2 heterocycles. The van der Waals surface area contributed by atoms with Crippen molar-refractivity contribution in [2.75, 3.05) is 5.23 Å². The van der Waals surface area contributed by atoms with Gasteiger partial charge in [-0.2, -0.15) is 0 Å². The zero-order chi connectivity index (χ0) is 12.5. The molecule has 1 aromatic carbocycles. The van der Waals surface area contributed by atoms with E-state index < -0.39 is 6.98 Å². The van der Waals surface area contributed by atoms with Gasteiger partial charge in [0.05, 0.1) is 11.2 Å². The van der Waals surface area contributed by atoms with E-state index >= 15 is 0 Å². The summed E-state index contributed by atoms with van der Waals surface area (Å²) in [6.45, 7) is -0.511. The Labute approximate surface area is 103 Å². The predicted molar refractivity (Wildman–Crippen MR) is 67.1 cm³/mol. The van der Waals surface area contributed by atoms with Crippen LogP contribution >= 0.6 is 0 Å². The fourth-order valence-corrected chi connectivity index (χ4v) is 1.93. The number of pyridine rings is 1. The molecule has 0 radical (unpaired) electrons. The maximum Gasteiger partial charge on any atom is 0.428 e. The minimum Gasteiger partial charge on any atom is -0.404 e. The SMILES string of the molecule is O=C1NB(c2cc(F)ccn2)Nc2ccccc21. The van der Waals surface area contributed by atoms with Gasteiger partial charge in [0.2, 0.25) is 5.91 Å². The smallest absolute Gasteiger partial charge is 0.404 e. The minimum atomic E-state index is -0.511. The van der Waals surface area contributed by atoms with Gasteiger partial charge in [0.1, 0.15) is 5.82 Å². The number of fused-ring (bicyclic) bond motifs is 1. The van der Waals surface area contributed by atoms with Crippen LogP contribution in [0.1, 0.15) is 10.4 Å². The number of hydrogen-bond donors (Lipinski definition) is 2. The molecule has 1 aliphatic heterocycles. The second-order valence-electron chi connectivity index (χ2n) is 4.00. The number of rotatable bonds is 1. The van der Waals surface area contributed by atoms with Gasteiger partial charge in [-0.15, -0.1) is 0 Å². The number of nitrogens with one attached hydrogen (secondary N) is 2. The largest absolute Gasteiger partial charge is 0.428 e. The average Bonchev–Trinajstić information content (AvgIpc) is 2.39. The summed E-state index contributed by atoms with van der Waals surface area (Å²) in [5.74, 6) is -0.574. The molecule has 0 spiro atoms. The maximum absolute atomic E-state index is 13.1. The Bertz CT molecular complexity index is 620. The van der Waals surface area contributed by atoms with Gasteiger partial charge in [0, 0.05) is 11.9 Å². The standard InChI is InChI=1S/C12H9BFN3O/c14-8-5-6-15-11(7-8)13-16-10-4-2-1-3-9(10)12(18)17-13/h1-7,16H,(H,17,18). The van der Waals surface area contributed by atoms with Gasteiger partial charge in [-0.05, 0) is 24.3 Å². The van der Waals surface area contributed by atoms with Crippen LogP contribution in [0.25, 0.3) is 0 Å². The zero-order valence-electron chi connectivity index (χ0n) is 9.35. The number of carbonyl (C=O) groups is 1. The summed E-state index contributed by atoms with van der Waals surface area (Å²) in [7, 11) is 0. The quantitative estimate of drug-likeness (QED) is 0.725. The molecule has 6 heteroatoms. The highest BCUT2D eigenvalue weighted by molar-refractivity contribution is 6.76. The molecule has 0 saturated carbocycles. The third kappa shape index (κ3) is 1.81. The van der Waals surface area contributed by atoms with Crippen LogP contribution in [-0.4, -0.2) is 17.9 Å². The van der Waals surface area contributed by atoms with Crippen LogP contribution < -0.4 is 16.0 Å². The first-order chi connectivity index (χ1) is 8.74. The second kappa shape index (κ2) is 4.14. The number of aromatic nitrogens is 1. The Morgan fingerprint density at radius 2 is 2.00 bits per heavy atom. The highest BCUT2D eigenvalue weighted by Crippen LogP contribution is 2.18. The van der Waals surface area contributed by atoms with Crippen molar-refractivity contribution in [3.05, 3.63) is 54.0 Å². The molecular formula is C12H9BFN3O. The van der Waals surface area contributed by atoms with Crippen LogP contribution in [0.4, 0.5) is 10.1 Å². The van der Waals surface area contributed by atoms with Crippen molar-refractivity contribution in [2.45, 2.75) is 0 Å². The number of nitrogens with zero attached hydrogens (tertiary/aromatic N) is 1. The number of halogens is 1. The van der Waals surface area contributed by atoms with Crippen molar-refractivity contribution in [1.82, 2.24) is 10.2 Å². The molecule has 0 bridgehead atoms. The summed E-state index contributed by atoms with van der Waals surface area (Å²) < 4.78 is 13.1. The maximum atomic E-state index is 13.1. The highest BCUT2D eigenvalue weighted by Gasteiger charge is 2.30. The fraction of sp³-hybridized carbons (Fsp3) is 0. The van der Waals surface area contributed by atoms with Gasteiger partial charge in [-0.25, -0.2) is 4.39 Å². The Balaban J connectivity index is 1.97. The van der Waals surface area contributed by atoms with Crippen molar-refractivity contribution in [3.63, 3.8) is 0 Å². The van der Waals surface area contributed by atoms with Gasteiger partial charge in [-0.1, -0.05) is 12.1 Å². The first-order valence-electron chi connectivity index (χ1n) is 5.52. The summed E-state index contributed by atoms with van der Waals surface area (Å²) in [5.41, 5.74) is 1.74. The average molecular weight is 241 g/mol. The van der Waals surface area contributed by atoms with Gasteiger partial charge in [0.25, 0.3) is 0 Å². The Morgan fingerprint density at radius 3 is 2.83 bits per heavy atom. The lowest BCUT2D eigenvalue weighted by Gasteiger charge is -2.24. The molecule has 1 aliphatic rings. The second-order valence-corrected chi connectivity index (χ2v) is 4.00. The fourth-order valence-electron chi connectivity index (χ4n) is 1.93. The number of carbonyl (C=O) groups excluding carboxylic acids is 1. The molecule has 0 fully saturated rings. The van der Waals surface area contributed by atoms with Crippen molar-refractivity contribution in [3.8, 4) is 0 Å². The normalized spacial score (nSPS) is 13.6. The Hall–Kier alpha value is -2.37. The molecular weight excluding hydrogens is 232 g/mol. The third-order valence-corrected chi connectivity index (χ3v) is 2.79. The van der Waals surface area contributed by atoms with E-state index in [-0.39, 0.29) is 11.7 Å². The van der Waals surface area contributed by atoms with E-state index in [1.165, 1.54) is 18.3 Å². The van der Waals surface area contributed by atoms with E-state index in [2.05, 4.69) is 15.4 Å². The third-order valence-electron chi connectivity index (χ3n) is 2.79. The molecule has 0 atom stereocenters. The summed E-state index contributed by atoms with van der Waals surface area (Å²) in [6, 6.07) is 9.72. The van der Waals surface area contributed by atoms with Crippen LogP contribution in [-0.2, 0) is 0 Å². The first kappa shape index (κ1) is 10.8. The Kier molecular flexibility index (Phi) is 2.48. The van der Waals surface area contributed by atoms with E-state index in [1.807, 2.05) is 6.07 Å². The lowest BCUT2D eigenvalue weighted by Crippen LogP contribution is -2.57. The molecule has 88 valence electrons. The number of benzene rings is 1. The van der Waals surface area contributed by atoms with E-state index in [1.54, 1.807) is 18.2 Å². The zero-order valence-corrected chi connectivity index (χ0v) is 9.35. The van der Waals surface area contributed by atoms with Crippen LogP contribution in [0.2, 0.25) is 0 Å². The minimum absolute atomic E-state index is 0.194. The van der Waals surface area contributed by atoms with Crippen molar-refractivity contribution >= 4 is 24.2 Å². The topological polar surface area (TPSA) is 54.0 Å². The lowest BCUT2D eigenvalue weighted by molar-refractivity contribution is 0.0979. The van der Waals surface area contributed by atoms with Crippen molar-refractivity contribution < 1.29 is 9.18 Å². The lowest BCUT2D eigenvalue weighted by atomic mass is 9.69. The summed E-state index contributed by atoms with van der Waals surface area (Å²) in [6.07, 6.45) is 1.37. The number of para-hydroxylation sites is 1. The molecule has 2 N–H and O–H groups in total. The first-order valence-corrected chi connectivity index (χ1v) is 5.52. The van der Waals surface area contributed by atoms with E-state index in [0.29, 0.717) is 11.2 Å². The number of amides is 1. The number of anilines is 1. The van der Waals surface area contributed by atoms with Crippen molar-refractivity contribution in [1.29, 1.82) is 0 Å². The Morgan fingerprint density at radius 1 is 1.17 bits per heavy atom. The van der Waals surface area contributed by atoms with Gasteiger partial charge < -0.3 is 10.5 Å². The van der Waals surface area contributed by atoms with Crippen molar-refractivity contribution in [2.24, 2.45) is 0 Å². The summed E-state index contributed by atoms with van der Waals surface area (Å²) >= 11 is 0. The van der Waals surface area contributed by atoms with Gasteiger partial charge in [0.15, 0.2) is 0 Å². The molecule has 3 rings (SSSR count). The number of hydrogen-bond acceptors (Lipinski definition) is 3. The molecule has 4 nitrogen and oxygen atoms in total. The van der Waals surface area contributed by atoms with E-state index in [0.717, 1.165) is 5.69 Å². The van der Waals surface area contributed by atoms with Crippen LogP contribution in [0.15, 0.2) is 42.6 Å². The van der Waals surface area contributed by atoms with Crippen LogP contribution in [0.3, 0.4) is 0 Å². The van der Waals surface area contributed by atoms with E-state index in [4.69, 9.17) is 0 Å². The molecule has 0 saturated heterocycles. The summed E-state index contributed by atoms with van der Waals surface area (Å²) in [4.78, 5) is 15.9. The molecule has 18 heavy (non-hydrogen) atoms. The molecule has 2 aromatic rings. The molecule has 1 aromatic heterocycles. The van der Waals surface area contributed by atoms with Gasteiger partial charge >= 0.3 is 6.98 Å². The monoisotopic (exact) mass is 241 g/mol. The van der Waals surface area contributed by atoms with Crippen LogP contribution in [0, 0.1) is 5.82 Å². The predicted octanol–water partition coefficient (Wildman–Crippen LogP) is 0.771. The molecule has 1 amide bonds. The summed E-state index contributed by atoms with van der Waals surface area (Å²) in [5, 5.41) is 5.85. The van der Waals surface area contributed by atoms with Gasteiger partial charge in [-0.3, -0.25) is 9.78 Å². The highest BCUT2D eigenvalue weighted by atomic mass is 19.1. The van der Waals surface area contributed by atoms with Crippen LogP contribution in [0.5, 0.6) is 0 Å². The molecule has 0 unspecified atom stereocenters.